The van der Waals surface area contributed by atoms with E-state index in [1.807, 2.05) is 23.1 Å². The molecule has 0 aliphatic rings. The van der Waals surface area contributed by atoms with Gasteiger partial charge in [0.1, 0.15) is 5.15 Å². The van der Waals surface area contributed by atoms with Gasteiger partial charge in [-0.3, -0.25) is 4.68 Å². The lowest BCUT2D eigenvalue weighted by atomic mass is 10.1. The number of halogens is 2. The number of hydrogen-bond donors (Lipinski definition) is 1. The average molecular weight is 344 g/mol. The number of aromatic nitrogens is 3. The van der Waals surface area contributed by atoms with E-state index in [2.05, 4.69) is 52.1 Å². The smallest absolute Gasteiger partial charge is 0.143 e. The van der Waals surface area contributed by atoms with Crippen LogP contribution in [0.2, 0.25) is 5.15 Å². The Morgan fingerprint density at radius 1 is 1.37 bits per heavy atom. The Morgan fingerprint density at radius 3 is 2.68 bits per heavy atom. The molecule has 0 unspecified atom stereocenters. The molecule has 0 aliphatic carbocycles. The number of nitrogens with zero attached hydrogens (tertiary/aromatic N) is 3. The van der Waals surface area contributed by atoms with Gasteiger partial charge >= 0.3 is 0 Å². The zero-order valence-electron chi connectivity index (χ0n) is 11.1. The van der Waals surface area contributed by atoms with Gasteiger partial charge in [0.2, 0.25) is 0 Å². The van der Waals surface area contributed by atoms with E-state index in [1.54, 1.807) is 6.20 Å². The van der Waals surface area contributed by atoms with E-state index >= 15 is 0 Å². The van der Waals surface area contributed by atoms with Crippen molar-refractivity contribution in [2.45, 2.75) is 32.9 Å². The molecule has 0 saturated carbocycles. The molecule has 0 fully saturated rings. The van der Waals surface area contributed by atoms with Crippen molar-refractivity contribution >= 4 is 33.2 Å². The summed E-state index contributed by atoms with van der Waals surface area (Å²) in [6.45, 7) is 7.07. The highest BCUT2D eigenvalue weighted by Crippen LogP contribution is 2.23. The molecule has 2 heterocycles. The Balaban J connectivity index is 2.02. The average Bonchev–Trinajstić information content (AvgIpc) is 2.79. The van der Waals surface area contributed by atoms with Gasteiger partial charge in [0.15, 0.2) is 0 Å². The topological polar surface area (TPSA) is 42.7 Å². The highest BCUT2D eigenvalue weighted by molar-refractivity contribution is 9.10. The van der Waals surface area contributed by atoms with Crippen LogP contribution < -0.4 is 5.32 Å². The van der Waals surface area contributed by atoms with Gasteiger partial charge in [0.05, 0.1) is 28.1 Å². The lowest BCUT2D eigenvalue weighted by Gasteiger charge is -2.18. The molecule has 0 saturated heterocycles. The zero-order chi connectivity index (χ0) is 14.0. The lowest BCUT2D eigenvalue weighted by molar-refractivity contribution is 0.355. The molecule has 19 heavy (non-hydrogen) atoms. The van der Waals surface area contributed by atoms with Crippen LogP contribution in [0.15, 0.2) is 29.1 Å². The second-order valence-electron chi connectivity index (χ2n) is 5.31. The van der Waals surface area contributed by atoms with Crippen LogP contribution >= 0.6 is 27.5 Å². The van der Waals surface area contributed by atoms with E-state index < -0.39 is 0 Å². The van der Waals surface area contributed by atoms with Crippen LogP contribution in [-0.2, 0) is 12.1 Å². The van der Waals surface area contributed by atoms with Gasteiger partial charge in [-0.05, 0) is 42.8 Å². The molecule has 4 nitrogen and oxygen atoms in total. The third-order valence-electron chi connectivity index (χ3n) is 2.62. The highest BCUT2D eigenvalue weighted by atomic mass is 79.9. The number of pyridine rings is 1. The quantitative estimate of drug-likeness (QED) is 0.855. The van der Waals surface area contributed by atoms with Crippen LogP contribution in [0.5, 0.6) is 0 Å². The van der Waals surface area contributed by atoms with E-state index in [-0.39, 0.29) is 5.54 Å². The minimum atomic E-state index is 0.00308. The van der Waals surface area contributed by atoms with Crippen LogP contribution in [0.4, 0.5) is 5.69 Å². The summed E-state index contributed by atoms with van der Waals surface area (Å²) in [5.41, 5.74) is 2.05. The van der Waals surface area contributed by atoms with Crippen LogP contribution in [0.3, 0.4) is 0 Å². The Hall–Kier alpha value is -1.07. The Kier molecular flexibility index (Phi) is 4.16. The van der Waals surface area contributed by atoms with Gasteiger partial charge in [-0.1, -0.05) is 11.6 Å². The maximum Gasteiger partial charge on any atom is 0.143 e. The molecular weight excluding hydrogens is 328 g/mol. The zero-order valence-corrected chi connectivity index (χ0v) is 13.5. The van der Waals surface area contributed by atoms with Crippen molar-refractivity contribution in [3.05, 3.63) is 39.8 Å². The van der Waals surface area contributed by atoms with Crippen molar-refractivity contribution in [1.82, 2.24) is 14.8 Å². The van der Waals surface area contributed by atoms with Crippen LogP contribution in [-0.4, -0.2) is 14.8 Å². The number of nitrogens with one attached hydrogen (secondary N) is 1. The van der Waals surface area contributed by atoms with E-state index in [1.165, 1.54) is 0 Å². The minimum Gasteiger partial charge on any atom is -0.380 e. The molecular formula is C13H16BrClN4. The van der Waals surface area contributed by atoms with Gasteiger partial charge in [-0.15, -0.1) is 0 Å². The SMILES string of the molecule is CC(C)(C)n1cc(CNc2cnc(Cl)c(Br)c2)cn1. The van der Waals surface area contributed by atoms with Crippen LogP contribution in [0.1, 0.15) is 26.3 Å². The molecule has 0 bridgehead atoms. The van der Waals surface area contributed by atoms with Gasteiger partial charge in [0, 0.05) is 18.3 Å². The Labute approximate surface area is 126 Å². The van der Waals surface area contributed by atoms with Crippen LogP contribution in [0.25, 0.3) is 0 Å². The minimum absolute atomic E-state index is 0.00308. The monoisotopic (exact) mass is 342 g/mol. The number of anilines is 1. The molecule has 6 heteroatoms. The fraction of sp³-hybridized carbons (Fsp3) is 0.385. The van der Waals surface area contributed by atoms with E-state index in [4.69, 9.17) is 11.6 Å². The van der Waals surface area contributed by atoms with Crippen molar-refractivity contribution in [3.63, 3.8) is 0 Å². The molecule has 0 spiro atoms. The van der Waals surface area contributed by atoms with Crippen LogP contribution in [0, 0.1) is 0 Å². The second kappa shape index (κ2) is 5.51. The summed E-state index contributed by atoms with van der Waals surface area (Å²) < 4.78 is 2.74. The highest BCUT2D eigenvalue weighted by Gasteiger charge is 2.13. The maximum absolute atomic E-state index is 5.85. The fourth-order valence-corrected chi connectivity index (χ4v) is 1.99. The third-order valence-corrected chi connectivity index (χ3v) is 3.75. The van der Waals surface area contributed by atoms with Crippen molar-refractivity contribution in [1.29, 1.82) is 0 Å². The molecule has 0 aromatic carbocycles. The molecule has 2 aromatic rings. The third kappa shape index (κ3) is 3.70. The summed E-state index contributed by atoms with van der Waals surface area (Å²) in [5.74, 6) is 0. The Bertz CT molecular complexity index is 574. The summed E-state index contributed by atoms with van der Waals surface area (Å²) in [5, 5.41) is 8.12. The molecule has 2 aromatic heterocycles. The Morgan fingerprint density at radius 2 is 2.11 bits per heavy atom. The number of rotatable bonds is 3. The second-order valence-corrected chi connectivity index (χ2v) is 6.53. The lowest BCUT2D eigenvalue weighted by Crippen LogP contribution is -2.21. The molecule has 102 valence electrons. The largest absolute Gasteiger partial charge is 0.380 e. The molecule has 1 N–H and O–H groups in total. The van der Waals surface area contributed by atoms with Crippen molar-refractivity contribution in [2.75, 3.05) is 5.32 Å². The van der Waals surface area contributed by atoms with Gasteiger partial charge < -0.3 is 5.32 Å². The first kappa shape index (κ1) is 14.3. The first-order chi connectivity index (χ1) is 8.86. The molecule has 0 radical (unpaired) electrons. The van der Waals surface area contributed by atoms with E-state index in [0.29, 0.717) is 11.7 Å². The molecule has 0 atom stereocenters. The predicted molar refractivity (Wildman–Crippen MR) is 81.5 cm³/mol. The van der Waals surface area contributed by atoms with E-state index in [9.17, 15) is 0 Å². The molecule has 0 amide bonds. The standard InChI is InChI=1S/C13H16BrClN4/c1-13(2,3)19-8-9(6-18-19)5-16-10-4-11(14)12(15)17-7-10/h4,6-8,16H,5H2,1-3H3. The van der Waals surface area contributed by atoms with Gasteiger partial charge in [0.25, 0.3) is 0 Å². The van der Waals surface area contributed by atoms with Gasteiger partial charge in [-0.25, -0.2) is 4.98 Å². The van der Waals surface area contributed by atoms with Crippen molar-refractivity contribution in [2.24, 2.45) is 0 Å². The van der Waals surface area contributed by atoms with E-state index in [0.717, 1.165) is 15.7 Å². The predicted octanol–water partition coefficient (Wildman–Crippen LogP) is 4.06. The van der Waals surface area contributed by atoms with Gasteiger partial charge in [-0.2, -0.15) is 5.10 Å². The summed E-state index contributed by atoms with van der Waals surface area (Å²) >= 11 is 9.20. The fourth-order valence-electron chi connectivity index (χ4n) is 1.54. The summed E-state index contributed by atoms with van der Waals surface area (Å²) in [6, 6.07) is 1.91. The summed E-state index contributed by atoms with van der Waals surface area (Å²) in [7, 11) is 0. The first-order valence-electron chi connectivity index (χ1n) is 5.95. The maximum atomic E-state index is 5.85. The molecule has 2 rings (SSSR count). The number of hydrogen-bond acceptors (Lipinski definition) is 3. The molecule has 0 aliphatic heterocycles. The van der Waals surface area contributed by atoms with Crippen molar-refractivity contribution in [3.8, 4) is 0 Å². The summed E-state index contributed by atoms with van der Waals surface area (Å²) in [4.78, 5) is 4.07. The summed E-state index contributed by atoms with van der Waals surface area (Å²) in [6.07, 6.45) is 5.63. The normalized spacial score (nSPS) is 11.6. The first-order valence-corrected chi connectivity index (χ1v) is 7.12. The van der Waals surface area contributed by atoms with Crippen molar-refractivity contribution < 1.29 is 0 Å².